The molecule has 21 heavy (non-hydrogen) atoms. The van der Waals surface area contributed by atoms with Gasteiger partial charge in [0.05, 0.1) is 6.61 Å². The highest BCUT2D eigenvalue weighted by Crippen LogP contribution is 2.26. The molecule has 0 spiro atoms. The fourth-order valence-electron chi connectivity index (χ4n) is 2.36. The van der Waals surface area contributed by atoms with Gasteiger partial charge in [-0.15, -0.1) is 23.2 Å². The van der Waals surface area contributed by atoms with E-state index in [0.29, 0.717) is 31.2 Å². The molecule has 0 fully saturated rings. The average molecular weight is 332 g/mol. The minimum absolute atomic E-state index is 0.133. The van der Waals surface area contributed by atoms with E-state index in [0.717, 1.165) is 13.1 Å². The first-order valence-electron chi connectivity index (χ1n) is 7.29. The molecule has 5 heteroatoms. The van der Waals surface area contributed by atoms with Crippen LogP contribution in [0.2, 0.25) is 0 Å². The molecule has 3 nitrogen and oxygen atoms in total. The van der Waals surface area contributed by atoms with Crippen molar-refractivity contribution in [2.75, 3.05) is 31.5 Å². The zero-order valence-electron chi connectivity index (χ0n) is 12.4. The summed E-state index contributed by atoms with van der Waals surface area (Å²) in [5.41, 5.74) is 1.18. The van der Waals surface area contributed by atoms with E-state index in [-0.39, 0.29) is 12.0 Å². The van der Waals surface area contributed by atoms with E-state index in [2.05, 4.69) is 17.0 Å². The topological polar surface area (TPSA) is 29.5 Å². The van der Waals surface area contributed by atoms with Gasteiger partial charge in [0.25, 0.3) is 0 Å². The summed E-state index contributed by atoms with van der Waals surface area (Å²) in [4.78, 5) is 13.9. The van der Waals surface area contributed by atoms with Gasteiger partial charge in [0.2, 0.25) is 0 Å². The number of esters is 1. The highest BCUT2D eigenvalue weighted by molar-refractivity contribution is 6.18. The summed E-state index contributed by atoms with van der Waals surface area (Å²) in [6, 6.07) is 10.3. The number of halogens is 2. The van der Waals surface area contributed by atoms with Crippen molar-refractivity contribution in [2.45, 2.75) is 25.8 Å². The Bertz CT molecular complexity index is 395. The summed E-state index contributed by atoms with van der Waals surface area (Å²) in [6.07, 6.45) is 1.10. The molecule has 0 aromatic heterocycles. The Morgan fingerprint density at radius 1 is 1.19 bits per heavy atom. The predicted molar refractivity (Wildman–Crippen MR) is 88.1 cm³/mol. The number of rotatable bonds is 10. The van der Waals surface area contributed by atoms with Crippen LogP contribution in [0.15, 0.2) is 30.3 Å². The second-order valence-electron chi connectivity index (χ2n) is 4.68. The number of ether oxygens (including phenoxy) is 1. The van der Waals surface area contributed by atoms with Gasteiger partial charge < -0.3 is 4.74 Å². The Balaban J connectivity index is 2.80. The van der Waals surface area contributed by atoms with Crippen LogP contribution in [0.4, 0.5) is 0 Å². The van der Waals surface area contributed by atoms with Crippen molar-refractivity contribution >= 4 is 29.2 Å². The minimum Gasteiger partial charge on any atom is -0.466 e. The number of carbonyl (C=O) groups excluding carboxylic acids is 1. The maximum atomic E-state index is 11.6. The summed E-state index contributed by atoms with van der Waals surface area (Å²) >= 11 is 11.8. The summed E-state index contributed by atoms with van der Waals surface area (Å²) in [5.74, 6) is 0.925. The molecule has 1 rings (SSSR count). The fraction of sp³-hybridized carbons (Fsp3) is 0.562. The zero-order valence-corrected chi connectivity index (χ0v) is 13.9. The highest BCUT2D eigenvalue weighted by atomic mass is 35.5. The van der Waals surface area contributed by atoms with Gasteiger partial charge in [-0.3, -0.25) is 9.69 Å². The first kappa shape index (κ1) is 18.3. The summed E-state index contributed by atoms with van der Waals surface area (Å²) < 4.78 is 5.02. The molecule has 0 saturated heterocycles. The number of alkyl halides is 2. The van der Waals surface area contributed by atoms with E-state index < -0.39 is 0 Å². The zero-order chi connectivity index (χ0) is 15.5. The number of hydrogen-bond donors (Lipinski definition) is 0. The molecular formula is C16H23Cl2NO2. The molecule has 1 aromatic rings. The molecule has 1 unspecified atom stereocenters. The SMILES string of the molecule is CCOC(=O)CCC(c1ccccc1)N(CCCl)CCCl. The van der Waals surface area contributed by atoms with Gasteiger partial charge in [-0.05, 0) is 18.9 Å². The van der Waals surface area contributed by atoms with Crippen LogP contribution in [-0.2, 0) is 9.53 Å². The van der Waals surface area contributed by atoms with Gasteiger partial charge in [-0.1, -0.05) is 30.3 Å². The van der Waals surface area contributed by atoms with E-state index in [1.54, 1.807) is 0 Å². The molecule has 0 aliphatic rings. The molecule has 1 aromatic carbocycles. The molecule has 0 N–H and O–H groups in total. The van der Waals surface area contributed by atoms with Gasteiger partial charge in [0.1, 0.15) is 0 Å². The van der Waals surface area contributed by atoms with Crippen LogP contribution in [0.1, 0.15) is 31.4 Å². The van der Waals surface area contributed by atoms with Crippen molar-refractivity contribution in [2.24, 2.45) is 0 Å². The lowest BCUT2D eigenvalue weighted by molar-refractivity contribution is -0.143. The molecular weight excluding hydrogens is 309 g/mol. The quantitative estimate of drug-likeness (QED) is 0.481. The number of nitrogens with zero attached hydrogens (tertiary/aromatic N) is 1. The fourth-order valence-corrected chi connectivity index (χ4v) is 2.80. The Hall–Kier alpha value is -0.770. The molecule has 0 aliphatic heterocycles. The molecule has 0 bridgehead atoms. The Morgan fingerprint density at radius 2 is 1.81 bits per heavy atom. The molecule has 0 heterocycles. The second-order valence-corrected chi connectivity index (χ2v) is 5.44. The van der Waals surface area contributed by atoms with Crippen molar-refractivity contribution in [3.8, 4) is 0 Å². The third kappa shape index (κ3) is 6.68. The Labute approximate surface area is 137 Å². The van der Waals surface area contributed by atoms with E-state index in [1.165, 1.54) is 5.56 Å². The van der Waals surface area contributed by atoms with Gasteiger partial charge in [-0.2, -0.15) is 0 Å². The summed E-state index contributed by atoms with van der Waals surface area (Å²) in [6.45, 7) is 3.73. The normalized spacial score (nSPS) is 12.4. The van der Waals surface area contributed by atoms with Crippen molar-refractivity contribution in [3.63, 3.8) is 0 Å². The van der Waals surface area contributed by atoms with Crippen molar-refractivity contribution in [3.05, 3.63) is 35.9 Å². The van der Waals surface area contributed by atoms with Crippen molar-refractivity contribution < 1.29 is 9.53 Å². The highest BCUT2D eigenvalue weighted by Gasteiger charge is 2.20. The minimum atomic E-state index is -0.157. The second kappa shape index (κ2) is 10.9. The molecule has 1 atom stereocenters. The monoisotopic (exact) mass is 331 g/mol. The van der Waals surface area contributed by atoms with Crippen LogP contribution >= 0.6 is 23.2 Å². The van der Waals surface area contributed by atoms with E-state index in [1.807, 2.05) is 25.1 Å². The largest absolute Gasteiger partial charge is 0.466 e. The first-order valence-corrected chi connectivity index (χ1v) is 8.36. The van der Waals surface area contributed by atoms with E-state index in [4.69, 9.17) is 27.9 Å². The molecule has 0 saturated carbocycles. The maximum absolute atomic E-state index is 11.6. The van der Waals surface area contributed by atoms with Crippen LogP contribution in [0.5, 0.6) is 0 Å². The number of carbonyl (C=O) groups is 1. The number of benzene rings is 1. The van der Waals surface area contributed by atoms with Crippen LogP contribution in [0.3, 0.4) is 0 Å². The van der Waals surface area contributed by atoms with E-state index >= 15 is 0 Å². The van der Waals surface area contributed by atoms with Crippen LogP contribution in [0.25, 0.3) is 0 Å². The van der Waals surface area contributed by atoms with E-state index in [9.17, 15) is 4.79 Å². The van der Waals surface area contributed by atoms with Crippen LogP contribution in [-0.4, -0.2) is 42.3 Å². The lowest BCUT2D eigenvalue weighted by atomic mass is 10.00. The van der Waals surface area contributed by atoms with Crippen molar-refractivity contribution in [1.82, 2.24) is 4.90 Å². The summed E-state index contributed by atoms with van der Waals surface area (Å²) in [5, 5.41) is 0. The lowest BCUT2D eigenvalue weighted by Gasteiger charge is -2.31. The molecule has 0 radical (unpaired) electrons. The third-order valence-electron chi connectivity index (χ3n) is 3.30. The standard InChI is InChI=1S/C16H23Cl2NO2/c1-2-21-16(20)9-8-15(14-6-4-3-5-7-14)19(12-10-17)13-11-18/h3-7,15H,2,8-13H2,1H3. The molecule has 0 aliphatic carbocycles. The van der Waals surface area contributed by atoms with Gasteiger partial charge in [-0.25, -0.2) is 0 Å². The van der Waals surface area contributed by atoms with Crippen LogP contribution < -0.4 is 0 Å². The Morgan fingerprint density at radius 3 is 2.33 bits per heavy atom. The average Bonchev–Trinajstić information content (AvgIpc) is 2.49. The Kier molecular flexibility index (Phi) is 9.48. The van der Waals surface area contributed by atoms with Crippen LogP contribution in [0, 0.1) is 0 Å². The lowest BCUT2D eigenvalue weighted by Crippen LogP contribution is -2.33. The number of hydrogen-bond acceptors (Lipinski definition) is 3. The van der Waals surface area contributed by atoms with Gasteiger partial charge in [0.15, 0.2) is 0 Å². The molecule has 0 amide bonds. The third-order valence-corrected chi connectivity index (χ3v) is 3.63. The molecule has 118 valence electrons. The first-order chi connectivity index (χ1) is 10.2. The van der Waals surface area contributed by atoms with Gasteiger partial charge in [0, 0.05) is 37.3 Å². The smallest absolute Gasteiger partial charge is 0.305 e. The predicted octanol–water partition coefficient (Wildman–Crippen LogP) is 3.85. The summed E-state index contributed by atoms with van der Waals surface area (Å²) in [7, 11) is 0. The maximum Gasteiger partial charge on any atom is 0.305 e. The van der Waals surface area contributed by atoms with Crippen molar-refractivity contribution in [1.29, 1.82) is 0 Å². The van der Waals surface area contributed by atoms with Gasteiger partial charge >= 0.3 is 5.97 Å².